The predicted molar refractivity (Wildman–Crippen MR) is 96.3 cm³/mol. The van der Waals surface area contributed by atoms with Crippen molar-refractivity contribution in [3.05, 3.63) is 65.2 Å². The second kappa shape index (κ2) is 6.46. The van der Waals surface area contributed by atoms with Gasteiger partial charge >= 0.3 is 0 Å². The fourth-order valence-electron chi connectivity index (χ4n) is 2.04. The molecule has 0 fully saturated rings. The molecule has 0 saturated carbocycles. The number of allylic oxidation sites excluding steroid dienone is 1. The van der Waals surface area contributed by atoms with Crippen molar-refractivity contribution in [2.24, 2.45) is 0 Å². The van der Waals surface area contributed by atoms with Gasteiger partial charge in [0.15, 0.2) is 0 Å². The number of thiazole rings is 1. The summed E-state index contributed by atoms with van der Waals surface area (Å²) in [6.45, 7) is 0. The average molecular weight is 303 g/mol. The van der Waals surface area contributed by atoms with E-state index in [-0.39, 0.29) is 0 Å². The number of para-hydroxylation sites is 1. The molecule has 1 heterocycles. The fourth-order valence-corrected chi connectivity index (χ4v) is 2.91. The van der Waals surface area contributed by atoms with Gasteiger partial charge in [-0.05, 0) is 48.6 Å². The molecule has 0 bridgehead atoms. The summed E-state index contributed by atoms with van der Waals surface area (Å²) in [5.41, 5.74) is 3.23. The van der Waals surface area contributed by atoms with Gasteiger partial charge in [0, 0.05) is 25.3 Å². The Morgan fingerprint density at radius 1 is 1.05 bits per heavy atom. The van der Waals surface area contributed by atoms with Crippen LogP contribution in [0, 0.1) is 11.8 Å². The minimum absolute atomic E-state index is 0.985. The number of nitrogens with zero attached hydrogens (tertiary/aromatic N) is 2. The van der Waals surface area contributed by atoms with Gasteiger partial charge in [0.25, 0.3) is 0 Å². The standard InChI is InChI=1S/C19H16N2S/c1-21(2)16-13-11-15(12-14-16)7-3-6-10-19-20-17-8-4-5-9-18(17)22-19/h4-6,8-14H,1-2H3/b10-6+/i1-1. The van der Waals surface area contributed by atoms with E-state index < -0.39 is 0 Å². The van der Waals surface area contributed by atoms with Gasteiger partial charge in [0.1, 0.15) is 5.01 Å². The molecule has 3 aromatic rings. The lowest BCUT2D eigenvalue weighted by molar-refractivity contribution is 1.13. The van der Waals surface area contributed by atoms with Gasteiger partial charge < -0.3 is 4.90 Å². The fraction of sp³-hybridized carbons (Fsp3) is 0.105. The number of benzene rings is 2. The Morgan fingerprint density at radius 3 is 2.55 bits per heavy atom. The summed E-state index contributed by atoms with van der Waals surface area (Å²) in [6.07, 6.45) is 3.82. The zero-order valence-corrected chi connectivity index (χ0v) is 13.4. The highest BCUT2D eigenvalue weighted by Gasteiger charge is 1.98. The van der Waals surface area contributed by atoms with Crippen LogP contribution in [0.15, 0.2) is 54.6 Å². The van der Waals surface area contributed by atoms with Crippen LogP contribution in [0.5, 0.6) is 0 Å². The topological polar surface area (TPSA) is 16.1 Å². The minimum Gasteiger partial charge on any atom is -0.378 e. The lowest BCUT2D eigenvalue weighted by atomic mass is 10.2. The number of aromatic nitrogens is 1. The van der Waals surface area contributed by atoms with Crippen LogP contribution in [0.3, 0.4) is 0 Å². The van der Waals surface area contributed by atoms with Gasteiger partial charge in [0.2, 0.25) is 0 Å². The summed E-state index contributed by atoms with van der Waals surface area (Å²) in [7, 11) is 4.06. The summed E-state index contributed by atoms with van der Waals surface area (Å²) in [6, 6.07) is 16.4. The first-order valence-corrected chi connectivity index (χ1v) is 7.85. The Balaban J connectivity index is 1.71. The number of anilines is 1. The van der Waals surface area contributed by atoms with Crippen molar-refractivity contribution in [3.63, 3.8) is 0 Å². The average Bonchev–Trinajstić information content (AvgIpc) is 2.95. The third-order valence-electron chi connectivity index (χ3n) is 3.22. The second-order valence-electron chi connectivity index (χ2n) is 5.06. The van der Waals surface area contributed by atoms with E-state index in [2.05, 4.69) is 39.9 Å². The molecule has 0 aliphatic carbocycles. The molecule has 2 nitrogen and oxygen atoms in total. The van der Waals surface area contributed by atoms with Crippen molar-refractivity contribution in [1.29, 1.82) is 0 Å². The largest absolute Gasteiger partial charge is 0.378 e. The minimum atomic E-state index is 0.985. The summed E-state index contributed by atoms with van der Waals surface area (Å²) >= 11 is 1.68. The monoisotopic (exact) mass is 303 g/mol. The highest BCUT2D eigenvalue weighted by Crippen LogP contribution is 2.22. The quantitative estimate of drug-likeness (QED) is 0.651. The lowest BCUT2D eigenvalue weighted by Crippen LogP contribution is -2.07. The maximum absolute atomic E-state index is 4.55. The van der Waals surface area contributed by atoms with Gasteiger partial charge in [-0.3, -0.25) is 0 Å². The van der Waals surface area contributed by atoms with E-state index in [0.717, 1.165) is 16.1 Å². The first kappa shape index (κ1) is 14.4. The van der Waals surface area contributed by atoms with E-state index in [1.165, 1.54) is 10.4 Å². The van der Waals surface area contributed by atoms with E-state index in [4.69, 9.17) is 0 Å². The van der Waals surface area contributed by atoms with Crippen LogP contribution in [0.2, 0.25) is 0 Å². The lowest BCUT2D eigenvalue weighted by Gasteiger charge is -2.11. The molecule has 22 heavy (non-hydrogen) atoms. The summed E-state index contributed by atoms with van der Waals surface area (Å²) in [5.74, 6) is 6.20. The first-order chi connectivity index (χ1) is 10.7. The molecule has 3 rings (SSSR count). The van der Waals surface area contributed by atoms with Crippen molar-refractivity contribution in [2.75, 3.05) is 19.0 Å². The zero-order valence-electron chi connectivity index (χ0n) is 12.6. The molecular weight excluding hydrogens is 287 g/mol. The Morgan fingerprint density at radius 2 is 1.82 bits per heavy atom. The van der Waals surface area contributed by atoms with Crippen LogP contribution < -0.4 is 4.90 Å². The molecule has 2 aromatic carbocycles. The molecule has 0 aliphatic rings. The Bertz CT molecular complexity index is 829. The molecule has 3 heteroatoms. The molecule has 0 saturated heterocycles. The van der Waals surface area contributed by atoms with E-state index in [1.54, 1.807) is 11.3 Å². The van der Waals surface area contributed by atoms with E-state index in [9.17, 15) is 0 Å². The van der Waals surface area contributed by atoms with Gasteiger partial charge in [-0.1, -0.05) is 24.0 Å². The van der Waals surface area contributed by atoms with Crippen molar-refractivity contribution < 1.29 is 0 Å². The highest BCUT2D eigenvalue weighted by atomic mass is 32.1. The summed E-state index contributed by atoms with van der Waals surface area (Å²) in [4.78, 5) is 6.62. The van der Waals surface area contributed by atoms with E-state index in [1.807, 2.05) is 56.6 Å². The van der Waals surface area contributed by atoms with Crippen LogP contribution in [0.1, 0.15) is 10.6 Å². The molecule has 0 radical (unpaired) electrons. The molecule has 108 valence electrons. The molecule has 1 aromatic heterocycles. The van der Waals surface area contributed by atoms with Crippen molar-refractivity contribution in [3.8, 4) is 11.8 Å². The van der Waals surface area contributed by atoms with Crippen LogP contribution >= 0.6 is 11.3 Å². The van der Waals surface area contributed by atoms with Gasteiger partial charge in [-0.2, -0.15) is 0 Å². The molecule has 0 unspecified atom stereocenters. The van der Waals surface area contributed by atoms with Crippen molar-refractivity contribution in [2.45, 2.75) is 0 Å². The summed E-state index contributed by atoms with van der Waals surface area (Å²) < 4.78 is 1.20. The maximum Gasteiger partial charge on any atom is 0.117 e. The SMILES string of the molecule is CN([11CH3])c1ccc(C#C/C=C/c2nc3ccccc3s2)cc1. The Kier molecular flexibility index (Phi) is 4.22. The van der Waals surface area contributed by atoms with Crippen LogP contribution in [0.25, 0.3) is 16.3 Å². The van der Waals surface area contributed by atoms with Crippen molar-refractivity contribution in [1.82, 2.24) is 4.98 Å². The van der Waals surface area contributed by atoms with E-state index in [0.29, 0.717) is 0 Å². The zero-order chi connectivity index (χ0) is 15.4. The van der Waals surface area contributed by atoms with Crippen LogP contribution in [0.4, 0.5) is 5.69 Å². The third-order valence-corrected chi connectivity index (χ3v) is 4.22. The van der Waals surface area contributed by atoms with E-state index >= 15 is 0 Å². The molecule has 0 aliphatic heterocycles. The number of fused-ring (bicyclic) bond motifs is 1. The first-order valence-electron chi connectivity index (χ1n) is 7.03. The number of hydrogen-bond acceptors (Lipinski definition) is 3. The molecule has 0 atom stereocenters. The van der Waals surface area contributed by atoms with Gasteiger partial charge in [-0.25, -0.2) is 4.98 Å². The molecule has 0 spiro atoms. The molecule has 0 amide bonds. The van der Waals surface area contributed by atoms with Crippen molar-refractivity contribution >= 4 is 33.3 Å². The third kappa shape index (κ3) is 3.36. The Hall–Kier alpha value is -2.57. The van der Waals surface area contributed by atoms with Crippen LogP contribution in [-0.2, 0) is 0 Å². The smallest absolute Gasteiger partial charge is 0.117 e. The number of hydrogen-bond donors (Lipinski definition) is 0. The van der Waals surface area contributed by atoms with Gasteiger partial charge in [0.05, 0.1) is 10.2 Å². The summed E-state index contributed by atoms with van der Waals surface area (Å²) in [5, 5.41) is 0.985. The van der Waals surface area contributed by atoms with Crippen LogP contribution in [-0.4, -0.2) is 19.1 Å². The molecular formula is C19H16N2S. The second-order valence-corrected chi connectivity index (χ2v) is 6.13. The van der Waals surface area contributed by atoms with Gasteiger partial charge in [-0.15, -0.1) is 11.3 Å². The Labute approximate surface area is 134 Å². The predicted octanol–water partition coefficient (Wildman–Crippen LogP) is 4.43. The highest BCUT2D eigenvalue weighted by molar-refractivity contribution is 7.19. The molecule has 0 N–H and O–H groups in total. The number of rotatable bonds is 2. The normalized spacial score (nSPS) is 10.6. The maximum atomic E-state index is 4.55.